The number of nitrogens with zero attached hydrogens (tertiary/aromatic N) is 4. The van der Waals surface area contributed by atoms with Gasteiger partial charge < -0.3 is 40.4 Å². The van der Waals surface area contributed by atoms with Crippen LogP contribution in [0.2, 0.25) is 0 Å². The van der Waals surface area contributed by atoms with Crippen LogP contribution in [0, 0.1) is 6.92 Å². The molecule has 222 valence electrons. The molecule has 0 aliphatic carbocycles. The smallest absolute Gasteiger partial charge is 0.279 e. The standard InChI is InChI=1S/C23H30N4O5.C4H11NO3/c1-5-7-18-20-21(26(4)25-18)22(28)27(15(3)24-20)12-13-32-17-10-8-16(9-11-17)14-19(23(29)30)31-6-2;5-4(1-6,2-7)3-8/h8-11,19H,5-7,12-14H2,1-4H3,(H,29,30);6-8H,1-3,5H2/t19-;/m0./s1. The number of ether oxygens (including phenoxy) is 2. The van der Waals surface area contributed by atoms with Crippen molar-refractivity contribution in [2.45, 2.75) is 58.2 Å². The van der Waals surface area contributed by atoms with Gasteiger partial charge in [0.2, 0.25) is 0 Å². The Morgan fingerprint density at radius 3 is 2.27 bits per heavy atom. The first kappa shape index (κ1) is 32.8. The van der Waals surface area contributed by atoms with Crippen molar-refractivity contribution < 1.29 is 40.4 Å². The Hall–Kier alpha value is -3.36. The number of carboxylic acid groups (broad SMARTS) is 1. The van der Waals surface area contributed by atoms with Crippen LogP contribution in [0.1, 0.15) is 37.4 Å². The van der Waals surface area contributed by atoms with Gasteiger partial charge in [-0.15, -0.1) is 0 Å². The third-order valence-corrected chi connectivity index (χ3v) is 6.26. The Labute approximate surface area is 232 Å². The van der Waals surface area contributed by atoms with Crippen molar-refractivity contribution in [2.24, 2.45) is 7.05 Å². The van der Waals surface area contributed by atoms with Crippen molar-refractivity contribution in [2.75, 3.05) is 33.0 Å². The molecule has 0 spiro atoms. The van der Waals surface area contributed by atoms with Gasteiger partial charge in [-0.2, -0.15) is 5.10 Å². The predicted octanol–water partition coefficient (Wildman–Crippen LogP) is -1.89. The van der Waals surface area contributed by atoms with Crippen LogP contribution in [0.5, 0.6) is 5.75 Å². The second-order valence-corrected chi connectivity index (χ2v) is 9.57. The molecule has 2 heterocycles. The van der Waals surface area contributed by atoms with E-state index in [2.05, 4.69) is 22.7 Å². The highest BCUT2D eigenvalue weighted by atomic mass is 16.5. The molecule has 0 saturated heterocycles. The fourth-order valence-electron chi connectivity index (χ4n) is 3.84. The Kier molecular flexibility index (Phi) is 12.7. The minimum atomic E-state index is -1.23. The van der Waals surface area contributed by atoms with E-state index in [0.29, 0.717) is 35.8 Å². The molecule has 1 atom stereocenters. The maximum Gasteiger partial charge on any atom is 0.279 e. The maximum absolute atomic E-state index is 13.0. The number of fused-ring (bicyclic) bond motifs is 1. The summed E-state index contributed by atoms with van der Waals surface area (Å²) in [6.45, 7) is 5.68. The molecule has 0 bridgehead atoms. The van der Waals surface area contributed by atoms with Crippen LogP contribution in [0.3, 0.4) is 0 Å². The molecule has 3 aromatic rings. The molecule has 0 aliphatic heterocycles. The van der Waals surface area contributed by atoms with Crippen LogP contribution in [0.15, 0.2) is 29.1 Å². The average molecular weight is 564 g/mol. The van der Waals surface area contributed by atoms with Gasteiger partial charge in [0.05, 0.1) is 18.2 Å². The molecular formula is C27H41N5O8. The molecule has 40 heavy (non-hydrogen) atoms. The summed E-state index contributed by atoms with van der Waals surface area (Å²) in [5.74, 6) is 0.0190. The molecule has 0 fully saturated rings. The van der Waals surface area contributed by atoms with Gasteiger partial charge in [0.15, 0.2) is 11.1 Å². The lowest BCUT2D eigenvalue weighted by Gasteiger charge is -2.18. The second kappa shape index (κ2) is 15.4. The first-order valence-electron chi connectivity index (χ1n) is 13.2. The lowest BCUT2D eigenvalue weighted by molar-refractivity contribution is -0.494. The zero-order valence-corrected chi connectivity index (χ0v) is 23.6. The fourth-order valence-corrected chi connectivity index (χ4v) is 3.84. The van der Waals surface area contributed by atoms with E-state index in [-0.39, 0.29) is 38.4 Å². The molecule has 0 aliphatic rings. The topological polar surface area (TPSA) is 200 Å². The van der Waals surface area contributed by atoms with Crippen LogP contribution in [0.25, 0.3) is 11.0 Å². The highest BCUT2D eigenvalue weighted by molar-refractivity contribution is 5.76. The molecule has 6 N–H and O–H groups in total. The number of hydrogen-bond donors (Lipinski definition) is 4. The van der Waals surface area contributed by atoms with Crippen molar-refractivity contribution in [1.29, 1.82) is 0 Å². The highest BCUT2D eigenvalue weighted by Crippen LogP contribution is 2.16. The number of rotatable bonds is 14. The van der Waals surface area contributed by atoms with E-state index >= 15 is 0 Å². The summed E-state index contributed by atoms with van der Waals surface area (Å²) in [5.41, 5.74) is 5.11. The average Bonchev–Trinajstić information content (AvgIpc) is 3.25. The number of aromatic nitrogens is 4. The third kappa shape index (κ3) is 8.57. The van der Waals surface area contributed by atoms with Crippen molar-refractivity contribution in [1.82, 2.24) is 19.3 Å². The van der Waals surface area contributed by atoms with Crippen molar-refractivity contribution in [3.8, 4) is 5.75 Å². The van der Waals surface area contributed by atoms with Crippen LogP contribution >= 0.6 is 0 Å². The summed E-state index contributed by atoms with van der Waals surface area (Å²) >= 11 is 0. The summed E-state index contributed by atoms with van der Waals surface area (Å²) in [6, 6.07) is 7.12. The summed E-state index contributed by atoms with van der Waals surface area (Å²) in [7, 11) is 1.76. The van der Waals surface area contributed by atoms with Gasteiger partial charge in [0.1, 0.15) is 49.6 Å². The molecule has 13 heteroatoms. The van der Waals surface area contributed by atoms with Crippen molar-refractivity contribution in [3.63, 3.8) is 0 Å². The summed E-state index contributed by atoms with van der Waals surface area (Å²) < 4.78 is 14.2. The normalized spacial score (nSPS) is 12.2. The van der Waals surface area contributed by atoms with E-state index in [1.807, 2.05) is 6.92 Å². The minimum absolute atomic E-state index is 0.131. The Morgan fingerprint density at radius 1 is 1.15 bits per heavy atom. The lowest BCUT2D eigenvalue weighted by atomic mass is 10.1. The van der Waals surface area contributed by atoms with Crippen LogP contribution < -0.4 is 21.1 Å². The van der Waals surface area contributed by atoms with E-state index in [0.717, 1.165) is 24.1 Å². The molecule has 3 rings (SSSR count). The van der Waals surface area contributed by atoms with Crippen LogP contribution in [-0.2, 0) is 36.0 Å². The van der Waals surface area contributed by atoms with Gasteiger partial charge in [-0.25, -0.2) is 4.98 Å². The van der Waals surface area contributed by atoms with E-state index in [4.69, 9.17) is 24.8 Å². The van der Waals surface area contributed by atoms with E-state index in [1.54, 1.807) is 47.5 Å². The van der Waals surface area contributed by atoms with E-state index < -0.39 is 17.6 Å². The van der Waals surface area contributed by atoms with Gasteiger partial charge in [0.25, 0.3) is 5.56 Å². The van der Waals surface area contributed by atoms with Crippen LogP contribution in [-0.4, -0.2) is 85.3 Å². The SMILES string of the molecule is CCCc1nn(C)c2c(=O)n(CCOc3ccc(C[C@H](OCC)C(=O)[O-])cc3)c(C)nc12.[NH3+]C(CO)(CO)CO. The van der Waals surface area contributed by atoms with Crippen molar-refractivity contribution in [3.05, 3.63) is 51.7 Å². The fraction of sp³-hybridized carbons (Fsp3) is 0.556. The first-order chi connectivity index (χ1) is 19.0. The van der Waals surface area contributed by atoms with Crippen LogP contribution in [0.4, 0.5) is 0 Å². The number of carboxylic acids is 1. The number of benzene rings is 1. The van der Waals surface area contributed by atoms with Gasteiger partial charge in [0, 0.05) is 20.1 Å². The Bertz CT molecular complexity index is 1280. The van der Waals surface area contributed by atoms with Crippen molar-refractivity contribution >= 4 is 17.0 Å². The summed E-state index contributed by atoms with van der Waals surface area (Å²) in [5, 5.41) is 40.8. The number of aryl methyl sites for hydroxylation is 3. The van der Waals surface area contributed by atoms with Gasteiger partial charge in [-0.1, -0.05) is 25.5 Å². The monoisotopic (exact) mass is 563 g/mol. The van der Waals surface area contributed by atoms with E-state index in [9.17, 15) is 14.7 Å². The number of quaternary nitrogens is 1. The lowest BCUT2D eigenvalue weighted by Crippen LogP contribution is -2.78. The second-order valence-electron chi connectivity index (χ2n) is 9.57. The number of aliphatic carboxylic acids is 1. The molecule has 2 aromatic heterocycles. The molecule has 0 unspecified atom stereocenters. The molecule has 0 saturated carbocycles. The number of aliphatic hydroxyl groups is 3. The molecular weight excluding hydrogens is 522 g/mol. The number of carbonyl (C=O) groups is 1. The summed E-state index contributed by atoms with van der Waals surface area (Å²) in [4.78, 5) is 28.8. The zero-order chi connectivity index (χ0) is 29.9. The quantitative estimate of drug-likeness (QED) is 0.172. The molecule has 1 aromatic carbocycles. The zero-order valence-electron chi connectivity index (χ0n) is 23.6. The number of carbonyl (C=O) groups excluding carboxylic acids is 1. The third-order valence-electron chi connectivity index (χ3n) is 6.26. The predicted molar refractivity (Wildman–Crippen MR) is 144 cm³/mol. The molecule has 13 nitrogen and oxygen atoms in total. The first-order valence-corrected chi connectivity index (χ1v) is 13.2. The molecule has 0 radical (unpaired) electrons. The summed E-state index contributed by atoms with van der Waals surface area (Å²) in [6.07, 6.45) is 0.957. The highest BCUT2D eigenvalue weighted by Gasteiger charge is 2.25. The Morgan fingerprint density at radius 2 is 1.77 bits per heavy atom. The maximum atomic E-state index is 13.0. The van der Waals surface area contributed by atoms with Gasteiger partial charge in [-0.05, 0) is 38.0 Å². The minimum Gasteiger partial charge on any atom is -0.547 e. The Balaban J connectivity index is 0.000000611. The van der Waals surface area contributed by atoms with Gasteiger partial charge in [-0.3, -0.25) is 14.0 Å². The number of hydrogen-bond acceptors (Lipinski definition) is 10. The number of aliphatic hydroxyl groups excluding tert-OH is 3. The van der Waals surface area contributed by atoms with E-state index in [1.165, 1.54) is 0 Å². The largest absolute Gasteiger partial charge is 0.547 e. The molecule has 0 amide bonds. The van der Waals surface area contributed by atoms with Gasteiger partial charge >= 0.3 is 0 Å².